The molecule has 0 fully saturated rings. The monoisotopic (exact) mass is 512 g/mol. The molecule has 1 aromatic carbocycles. The number of likely N-dealkylation sites (N-methyl/N-ethyl adjacent to an activating group) is 1. The fourth-order valence-electron chi connectivity index (χ4n) is 1.38. The van der Waals surface area contributed by atoms with E-state index >= 15 is 0 Å². The van der Waals surface area contributed by atoms with Gasteiger partial charge in [-0.2, -0.15) is 5.26 Å². The van der Waals surface area contributed by atoms with Gasteiger partial charge in [-0.3, -0.25) is 4.79 Å². The number of rotatable bonds is 5. The standard InChI is InChI=1S/C13H10I2N2O4/c1-17-13(20)8(5-16)2-7-3-9(14)12(10(15)4-7)21-6-11(18)19/h2-4H,6H2,1H3,(H,17,20)(H,18,19)/b8-2-. The van der Waals surface area contributed by atoms with E-state index in [9.17, 15) is 9.59 Å². The summed E-state index contributed by atoms with van der Waals surface area (Å²) < 4.78 is 6.60. The Bertz CT molecular complexity index is 627. The Morgan fingerprint density at radius 2 is 2.00 bits per heavy atom. The third-order valence-electron chi connectivity index (χ3n) is 2.26. The van der Waals surface area contributed by atoms with Crippen molar-refractivity contribution in [2.75, 3.05) is 13.7 Å². The van der Waals surface area contributed by atoms with E-state index in [4.69, 9.17) is 15.1 Å². The average molecular weight is 512 g/mol. The summed E-state index contributed by atoms with van der Waals surface area (Å²) in [4.78, 5) is 22.0. The van der Waals surface area contributed by atoms with Crippen LogP contribution in [0.25, 0.3) is 6.08 Å². The Morgan fingerprint density at radius 1 is 1.43 bits per heavy atom. The maximum absolute atomic E-state index is 11.5. The number of nitrogens with zero attached hydrogens (tertiary/aromatic N) is 1. The number of carboxylic acids is 1. The lowest BCUT2D eigenvalue weighted by atomic mass is 10.1. The van der Waals surface area contributed by atoms with Crippen molar-refractivity contribution in [3.63, 3.8) is 0 Å². The van der Waals surface area contributed by atoms with Crippen LogP contribution in [0.4, 0.5) is 0 Å². The number of ether oxygens (including phenoxy) is 1. The van der Waals surface area contributed by atoms with Crippen molar-refractivity contribution in [2.45, 2.75) is 0 Å². The van der Waals surface area contributed by atoms with E-state index < -0.39 is 18.5 Å². The van der Waals surface area contributed by atoms with Crippen molar-refractivity contribution < 1.29 is 19.4 Å². The van der Waals surface area contributed by atoms with Gasteiger partial charge in [0.15, 0.2) is 6.61 Å². The Balaban J connectivity index is 3.14. The summed E-state index contributed by atoms with van der Waals surface area (Å²) in [7, 11) is 1.45. The highest BCUT2D eigenvalue weighted by Crippen LogP contribution is 2.29. The largest absolute Gasteiger partial charge is 0.480 e. The van der Waals surface area contributed by atoms with Gasteiger partial charge in [0.25, 0.3) is 5.91 Å². The van der Waals surface area contributed by atoms with Crippen LogP contribution in [0.1, 0.15) is 5.56 Å². The molecule has 0 spiro atoms. The summed E-state index contributed by atoms with van der Waals surface area (Å²) in [5.74, 6) is -1.06. The first-order valence-corrected chi connectivity index (χ1v) is 7.72. The van der Waals surface area contributed by atoms with Gasteiger partial charge in [-0.1, -0.05) is 0 Å². The third kappa shape index (κ3) is 5.16. The molecular formula is C13H10I2N2O4. The molecule has 0 aliphatic carbocycles. The molecular weight excluding hydrogens is 502 g/mol. The number of hydrogen-bond acceptors (Lipinski definition) is 4. The summed E-state index contributed by atoms with van der Waals surface area (Å²) >= 11 is 4.02. The number of nitrogens with one attached hydrogen (secondary N) is 1. The molecule has 6 nitrogen and oxygen atoms in total. The van der Waals surface area contributed by atoms with Gasteiger partial charge in [-0.05, 0) is 69.0 Å². The summed E-state index contributed by atoms with van der Waals surface area (Å²) in [6.07, 6.45) is 1.46. The molecule has 0 bridgehead atoms. The second kappa shape index (κ2) is 8.18. The number of amides is 1. The molecule has 0 atom stereocenters. The van der Waals surface area contributed by atoms with Gasteiger partial charge in [-0.25, -0.2) is 4.79 Å². The van der Waals surface area contributed by atoms with Gasteiger partial charge >= 0.3 is 5.97 Å². The summed E-state index contributed by atoms with van der Waals surface area (Å²) in [5, 5.41) is 20.0. The van der Waals surface area contributed by atoms with Crippen LogP contribution >= 0.6 is 45.2 Å². The summed E-state index contributed by atoms with van der Waals surface area (Å²) in [6, 6.07) is 5.25. The van der Waals surface area contributed by atoms with E-state index in [1.54, 1.807) is 12.1 Å². The van der Waals surface area contributed by atoms with Crippen LogP contribution < -0.4 is 10.1 Å². The zero-order valence-corrected chi connectivity index (χ0v) is 15.1. The van der Waals surface area contributed by atoms with Gasteiger partial charge in [0.1, 0.15) is 17.4 Å². The second-order valence-electron chi connectivity index (χ2n) is 3.75. The average Bonchev–Trinajstić information content (AvgIpc) is 2.42. The first-order valence-electron chi connectivity index (χ1n) is 5.56. The lowest BCUT2D eigenvalue weighted by molar-refractivity contribution is -0.139. The number of aliphatic carboxylic acids is 1. The molecule has 1 aromatic rings. The molecule has 0 aliphatic rings. The van der Waals surface area contributed by atoms with E-state index in [0.717, 1.165) is 0 Å². The maximum Gasteiger partial charge on any atom is 0.341 e. The van der Waals surface area contributed by atoms with Crippen molar-refractivity contribution >= 4 is 63.1 Å². The quantitative estimate of drug-likeness (QED) is 0.358. The van der Waals surface area contributed by atoms with Crippen molar-refractivity contribution in [3.8, 4) is 11.8 Å². The van der Waals surface area contributed by atoms with Gasteiger partial charge in [-0.15, -0.1) is 0 Å². The number of hydrogen-bond donors (Lipinski definition) is 2. The van der Waals surface area contributed by atoms with Crippen LogP contribution in [-0.4, -0.2) is 30.6 Å². The maximum atomic E-state index is 11.5. The minimum Gasteiger partial charge on any atom is -0.480 e. The van der Waals surface area contributed by atoms with Crippen LogP contribution in [0.2, 0.25) is 0 Å². The van der Waals surface area contributed by atoms with Gasteiger partial charge in [0, 0.05) is 7.05 Å². The van der Waals surface area contributed by atoms with E-state index in [2.05, 4.69) is 5.32 Å². The van der Waals surface area contributed by atoms with Crippen LogP contribution in [-0.2, 0) is 9.59 Å². The Labute approximate surface area is 148 Å². The zero-order chi connectivity index (χ0) is 16.0. The number of carboxylic acid groups (broad SMARTS) is 1. The van der Waals surface area contributed by atoms with E-state index in [-0.39, 0.29) is 5.57 Å². The topological polar surface area (TPSA) is 99.4 Å². The fourth-order valence-corrected chi connectivity index (χ4v) is 3.51. The highest BCUT2D eigenvalue weighted by atomic mass is 127. The molecule has 0 aliphatic heterocycles. The van der Waals surface area contributed by atoms with Gasteiger partial charge in [0.05, 0.1) is 7.14 Å². The van der Waals surface area contributed by atoms with Gasteiger partial charge in [0.2, 0.25) is 0 Å². The molecule has 1 rings (SSSR count). The predicted molar refractivity (Wildman–Crippen MR) is 92.7 cm³/mol. The smallest absolute Gasteiger partial charge is 0.341 e. The number of carbonyl (C=O) groups is 2. The fraction of sp³-hybridized carbons (Fsp3) is 0.154. The van der Waals surface area contributed by atoms with Crippen LogP contribution in [0, 0.1) is 18.5 Å². The van der Waals surface area contributed by atoms with Crippen molar-refractivity contribution in [3.05, 3.63) is 30.4 Å². The van der Waals surface area contributed by atoms with Crippen LogP contribution in [0.3, 0.4) is 0 Å². The minimum absolute atomic E-state index is 0.0108. The van der Waals surface area contributed by atoms with Crippen molar-refractivity contribution in [1.29, 1.82) is 5.26 Å². The zero-order valence-electron chi connectivity index (χ0n) is 10.8. The molecule has 1 amide bonds. The highest BCUT2D eigenvalue weighted by Gasteiger charge is 2.12. The first-order chi connectivity index (χ1) is 9.88. The Morgan fingerprint density at radius 3 is 2.43 bits per heavy atom. The molecule has 0 saturated heterocycles. The lowest BCUT2D eigenvalue weighted by Gasteiger charge is -2.09. The number of carbonyl (C=O) groups excluding carboxylic acids is 1. The normalized spacial score (nSPS) is 10.7. The number of nitriles is 1. The molecule has 21 heavy (non-hydrogen) atoms. The molecule has 2 N–H and O–H groups in total. The molecule has 0 saturated carbocycles. The highest BCUT2D eigenvalue weighted by molar-refractivity contribution is 14.1. The Kier molecular flexibility index (Phi) is 6.90. The minimum atomic E-state index is -1.06. The number of benzene rings is 1. The summed E-state index contributed by atoms with van der Waals surface area (Å²) in [5.41, 5.74) is 0.648. The van der Waals surface area contributed by atoms with E-state index in [1.807, 2.05) is 51.3 Å². The van der Waals surface area contributed by atoms with Crippen molar-refractivity contribution in [2.24, 2.45) is 0 Å². The molecule has 0 radical (unpaired) electrons. The van der Waals surface area contributed by atoms with Gasteiger partial charge < -0.3 is 15.2 Å². The molecule has 110 valence electrons. The molecule has 8 heteroatoms. The second-order valence-corrected chi connectivity index (χ2v) is 6.07. The lowest BCUT2D eigenvalue weighted by Crippen LogP contribution is -2.19. The van der Waals surface area contributed by atoms with E-state index in [1.165, 1.54) is 13.1 Å². The number of halogens is 2. The molecule has 0 unspecified atom stereocenters. The molecule has 0 heterocycles. The first kappa shape index (κ1) is 17.7. The van der Waals surface area contributed by atoms with E-state index in [0.29, 0.717) is 18.5 Å². The predicted octanol–water partition coefficient (Wildman–Crippen LogP) is 2.01. The summed E-state index contributed by atoms with van der Waals surface area (Å²) in [6.45, 7) is -0.428. The third-order valence-corrected chi connectivity index (χ3v) is 3.87. The van der Waals surface area contributed by atoms with Crippen LogP contribution in [0.15, 0.2) is 17.7 Å². The molecule has 0 aromatic heterocycles. The van der Waals surface area contributed by atoms with Crippen LogP contribution in [0.5, 0.6) is 5.75 Å². The SMILES string of the molecule is CNC(=O)/C(C#N)=C\c1cc(I)c(OCC(=O)O)c(I)c1. The Hall–Kier alpha value is -1.35. The van der Waals surface area contributed by atoms with Crippen molar-refractivity contribution in [1.82, 2.24) is 5.32 Å².